The van der Waals surface area contributed by atoms with Crippen LogP contribution < -0.4 is 5.32 Å². The summed E-state index contributed by atoms with van der Waals surface area (Å²) >= 11 is 5.98. The zero-order valence-electron chi connectivity index (χ0n) is 9.66. The summed E-state index contributed by atoms with van der Waals surface area (Å²) in [5.41, 5.74) is 1.17. The number of carbonyl (C=O) groups is 1. The molecule has 0 amide bonds. The second-order valence-electron chi connectivity index (χ2n) is 5.16. The lowest BCUT2D eigenvalue weighted by atomic mass is 9.85. The number of hydrogen-bond acceptors (Lipinski definition) is 2. The van der Waals surface area contributed by atoms with Gasteiger partial charge in [0.2, 0.25) is 0 Å². The van der Waals surface area contributed by atoms with Crippen LogP contribution in [0.2, 0.25) is 5.02 Å². The number of benzene rings is 1. The summed E-state index contributed by atoms with van der Waals surface area (Å²) in [7, 11) is 0. The van der Waals surface area contributed by atoms with Crippen molar-refractivity contribution < 1.29 is 4.79 Å². The van der Waals surface area contributed by atoms with Crippen molar-refractivity contribution in [2.24, 2.45) is 5.92 Å². The van der Waals surface area contributed by atoms with Gasteiger partial charge in [-0.3, -0.25) is 4.79 Å². The van der Waals surface area contributed by atoms with Crippen molar-refractivity contribution in [3.05, 3.63) is 34.9 Å². The Bertz CT molecular complexity index is 446. The van der Waals surface area contributed by atoms with Crippen LogP contribution >= 0.6 is 11.6 Å². The molecule has 2 aliphatic rings. The van der Waals surface area contributed by atoms with Gasteiger partial charge in [-0.05, 0) is 37.0 Å². The van der Waals surface area contributed by atoms with Crippen molar-refractivity contribution in [2.75, 3.05) is 0 Å². The van der Waals surface area contributed by atoms with Crippen molar-refractivity contribution >= 4 is 17.4 Å². The van der Waals surface area contributed by atoms with E-state index in [1.54, 1.807) is 0 Å². The van der Waals surface area contributed by atoms with Crippen LogP contribution in [0.25, 0.3) is 0 Å². The molecule has 2 aliphatic heterocycles. The maximum absolute atomic E-state index is 12.1. The number of carbonyl (C=O) groups excluding carboxylic acids is 1. The van der Waals surface area contributed by atoms with Gasteiger partial charge in [-0.15, -0.1) is 0 Å². The first-order valence-corrected chi connectivity index (χ1v) is 6.63. The summed E-state index contributed by atoms with van der Waals surface area (Å²) < 4.78 is 0. The molecular formula is C14H16ClNO. The second-order valence-corrected chi connectivity index (χ2v) is 5.59. The van der Waals surface area contributed by atoms with E-state index in [4.69, 9.17) is 11.6 Å². The van der Waals surface area contributed by atoms with Crippen molar-refractivity contribution in [3.8, 4) is 0 Å². The van der Waals surface area contributed by atoms with Crippen molar-refractivity contribution in [3.63, 3.8) is 0 Å². The predicted molar refractivity (Wildman–Crippen MR) is 68.2 cm³/mol. The van der Waals surface area contributed by atoms with Gasteiger partial charge in [-0.1, -0.05) is 23.7 Å². The van der Waals surface area contributed by atoms with Crippen LogP contribution in [0, 0.1) is 5.92 Å². The normalized spacial score (nSPS) is 31.8. The van der Waals surface area contributed by atoms with Crippen LogP contribution in [-0.2, 0) is 11.2 Å². The smallest absolute Gasteiger partial charge is 0.139 e. The number of ketones is 1. The third kappa shape index (κ3) is 2.24. The van der Waals surface area contributed by atoms with E-state index in [0.29, 0.717) is 24.3 Å². The number of Topliss-reactive ketones (excluding diaryl/α,β-unsaturated/α-hetero) is 1. The molecule has 1 aromatic carbocycles. The molecule has 3 heteroatoms. The van der Waals surface area contributed by atoms with Gasteiger partial charge in [0.05, 0.1) is 0 Å². The number of hydrogen-bond donors (Lipinski definition) is 1. The summed E-state index contributed by atoms with van der Waals surface area (Å²) in [6, 6.07) is 8.69. The third-order valence-corrected chi connectivity index (χ3v) is 4.20. The van der Waals surface area contributed by atoms with Gasteiger partial charge in [0, 0.05) is 29.4 Å². The fraction of sp³-hybridized carbons (Fsp3) is 0.500. The molecule has 0 spiro atoms. The topological polar surface area (TPSA) is 29.1 Å². The average molecular weight is 250 g/mol. The highest BCUT2D eigenvalue weighted by molar-refractivity contribution is 6.30. The molecule has 0 aromatic heterocycles. The molecule has 0 saturated carbocycles. The number of nitrogens with one attached hydrogen (secondary N) is 1. The predicted octanol–water partition coefficient (Wildman–Crippen LogP) is 2.59. The average Bonchev–Trinajstić information content (AvgIpc) is 2.68. The van der Waals surface area contributed by atoms with Gasteiger partial charge in [0.1, 0.15) is 5.78 Å². The maximum Gasteiger partial charge on any atom is 0.139 e. The number of piperidine rings is 1. The lowest BCUT2D eigenvalue weighted by molar-refractivity contribution is -0.125. The van der Waals surface area contributed by atoms with Gasteiger partial charge < -0.3 is 5.32 Å². The Hall–Kier alpha value is -0.860. The fourth-order valence-electron chi connectivity index (χ4n) is 3.12. The van der Waals surface area contributed by atoms with Crippen LogP contribution in [-0.4, -0.2) is 17.9 Å². The molecule has 3 unspecified atom stereocenters. The van der Waals surface area contributed by atoms with E-state index >= 15 is 0 Å². The largest absolute Gasteiger partial charge is 0.310 e. The quantitative estimate of drug-likeness (QED) is 0.873. The van der Waals surface area contributed by atoms with Crippen LogP contribution in [0.15, 0.2) is 24.3 Å². The van der Waals surface area contributed by atoms with Gasteiger partial charge in [-0.2, -0.15) is 0 Å². The van der Waals surface area contributed by atoms with Gasteiger partial charge in [0.25, 0.3) is 0 Å². The van der Waals surface area contributed by atoms with Crippen molar-refractivity contribution in [1.29, 1.82) is 0 Å². The van der Waals surface area contributed by atoms with Crippen LogP contribution in [0.5, 0.6) is 0 Å². The van der Waals surface area contributed by atoms with Gasteiger partial charge >= 0.3 is 0 Å². The third-order valence-electron chi connectivity index (χ3n) is 3.97. The number of fused-ring (bicyclic) bond motifs is 2. The van der Waals surface area contributed by atoms with Gasteiger partial charge in [-0.25, -0.2) is 0 Å². The Labute approximate surface area is 106 Å². The molecule has 3 atom stereocenters. The summed E-state index contributed by atoms with van der Waals surface area (Å²) in [4.78, 5) is 12.1. The highest BCUT2D eigenvalue weighted by Gasteiger charge is 2.40. The Morgan fingerprint density at radius 1 is 1.35 bits per heavy atom. The van der Waals surface area contributed by atoms with Gasteiger partial charge in [0.15, 0.2) is 0 Å². The fourth-order valence-corrected chi connectivity index (χ4v) is 3.33. The molecule has 2 saturated heterocycles. The molecule has 2 bridgehead atoms. The van der Waals surface area contributed by atoms with E-state index in [2.05, 4.69) is 11.4 Å². The monoisotopic (exact) mass is 249 g/mol. The molecule has 2 nitrogen and oxygen atoms in total. The lowest BCUT2D eigenvalue weighted by Crippen LogP contribution is -2.46. The second kappa shape index (κ2) is 4.43. The Balaban J connectivity index is 1.78. The van der Waals surface area contributed by atoms with E-state index < -0.39 is 0 Å². The summed E-state index contributed by atoms with van der Waals surface area (Å²) in [5.74, 6) is 0.573. The molecule has 2 fully saturated rings. The standard InChI is InChI=1S/C14H16ClNO/c15-10-3-1-2-9(6-10)7-12-13-5-4-11(16-13)8-14(12)17/h1-3,6,11-13,16H,4-5,7-8H2. The van der Waals surface area contributed by atoms with Crippen LogP contribution in [0.3, 0.4) is 0 Å². The molecule has 1 aromatic rings. The zero-order valence-corrected chi connectivity index (χ0v) is 10.4. The van der Waals surface area contributed by atoms with E-state index in [0.717, 1.165) is 24.3 Å². The molecule has 3 rings (SSSR count). The SMILES string of the molecule is O=C1CC2CCC(N2)C1Cc1cccc(Cl)c1. The zero-order chi connectivity index (χ0) is 11.8. The van der Waals surface area contributed by atoms with Crippen molar-refractivity contribution in [2.45, 2.75) is 37.8 Å². The van der Waals surface area contributed by atoms with Crippen LogP contribution in [0.1, 0.15) is 24.8 Å². The number of halogens is 1. The summed E-state index contributed by atoms with van der Waals surface area (Å²) in [5, 5.41) is 4.30. The van der Waals surface area contributed by atoms with E-state index in [-0.39, 0.29) is 5.92 Å². The Morgan fingerprint density at radius 2 is 2.24 bits per heavy atom. The molecular weight excluding hydrogens is 234 g/mol. The minimum absolute atomic E-state index is 0.146. The van der Waals surface area contributed by atoms with E-state index in [9.17, 15) is 4.79 Å². The summed E-state index contributed by atoms with van der Waals surface area (Å²) in [6.45, 7) is 0. The molecule has 90 valence electrons. The highest BCUT2D eigenvalue weighted by atomic mass is 35.5. The first-order chi connectivity index (χ1) is 8.22. The first-order valence-electron chi connectivity index (χ1n) is 6.25. The minimum Gasteiger partial charge on any atom is -0.310 e. The van der Waals surface area contributed by atoms with E-state index in [1.807, 2.05) is 18.2 Å². The molecule has 0 radical (unpaired) electrons. The summed E-state index contributed by atoms with van der Waals surface area (Å²) in [6.07, 6.45) is 3.83. The lowest BCUT2D eigenvalue weighted by Gasteiger charge is -2.29. The molecule has 0 aliphatic carbocycles. The first kappa shape index (κ1) is 11.2. The number of rotatable bonds is 2. The van der Waals surface area contributed by atoms with E-state index in [1.165, 1.54) is 5.56 Å². The Morgan fingerprint density at radius 3 is 3.06 bits per heavy atom. The Kier molecular flexibility index (Phi) is 2.93. The van der Waals surface area contributed by atoms with Crippen molar-refractivity contribution in [1.82, 2.24) is 5.32 Å². The van der Waals surface area contributed by atoms with Crippen LogP contribution in [0.4, 0.5) is 0 Å². The maximum atomic E-state index is 12.1. The molecule has 2 heterocycles. The molecule has 17 heavy (non-hydrogen) atoms. The molecule has 1 N–H and O–H groups in total. The minimum atomic E-state index is 0.146. The highest BCUT2D eigenvalue weighted by Crippen LogP contribution is 2.31.